The third kappa shape index (κ3) is 3.71. The van der Waals surface area contributed by atoms with Crippen LogP contribution in [0.25, 0.3) is 0 Å². The summed E-state index contributed by atoms with van der Waals surface area (Å²) in [4.78, 5) is 0.211. The van der Waals surface area contributed by atoms with E-state index in [1.54, 1.807) is 19.1 Å². The number of hydrogen-bond donors (Lipinski definition) is 2. The number of aliphatic hydroxyl groups is 1. The van der Waals surface area contributed by atoms with Crippen LogP contribution < -0.4 is 4.72 Å². The standard InChI is InChI=1S/C9H12INO3S/c1-7(6-12)11-15(13,14)9-4-2-8(10)3-5-9/h2-5,7,11-12H,6H2,1H3. The van der Waals surface area contributed by atoms with Crippen molar-refractivity contribution < 1.29 is 13.5 Å². The molecule has 6 heteroatoms. The van der Waals surface area contributed by atoms with E-state index >= 15 is 0 Å². The van der Waals surface area contributed by atoms with E-state index in [9.17, 15) is 8.42 Å². The quantitative estimate of drug-likeness (QED) is 0.802. The van der Waals surface area contributed by atoms with Crippen molar-refractivity contribution in [3.05, 3.63) is 27.8 Å². The molecule has 0 spiro atoms. The highest BCUT2D eigenvalue weighted by molar-refractivity contribution is 14.1. The van der Waals surface area contributed by atoms with Crippen molar-refractivity contribution in [1.29, 1.82) is 0 Å². The molecule has 2 N–H and O–H groups in total. The van der Waals surface area contributed by atoms with Gasteiger partial charge in [-0.25, -0.2) is 13.1 Å². The topological polar surface area (TPSA) is 66.4 Å². The van der Waals surface area contributed by atoms with Crippen LogP contribution in [0.5, 0.6) is 0 Å². The SMILES string of the molecule is CC(CO)NS(=O)(=O)c1ccc(I)cc1. The van der Waals surface area contributed by atoms with E-state index in [-0.39, 0.29) is 11.5 Å². The molecule has 4 nitrogen and oxygen atoms in total. The highest BCUT2D eigenvalue weighted by Gasteiger charge is 2.16. The molecule has 0 heterocycles. The second kappa shape index (κ2) is 5.24. The first-order valence-corrected chi connectivity index (χ1v) is 6.90. The molecule has 0 aliphatic carbocycles. The Morgan fingerprint density at radius 3 is 2.40 bits per heavy atom. The number of sulfonamides is 1. The molecule has 0 aromatic heterocycles. The predicted octanol–water partition coefficient (Wildman–Crippen LogP) is 0.950. The molecule has 1 aromatic rings. The van der Waals surface area contributed by atoms with Crippen molar-refractivity contribution in [2.45, 2.75) is 17.9 Å². The summed E-state index contributed by atoms with van der Waals surface area (Å²) in [6.07, 6.45) is 0. The molecular weight excluding hydrogens is 329 g/mol. The molecule has 0 aliphatic rings. The highest BCUT2D eigenvalue weighted by Crippen LogP contribution is 2.12. The third-order valence-electron chi connectivity index (χ3n) is 1.75. The number of hydrogen-bond acceptors (Lipinski definition) is 3. The second-order valence-electron chi connectivity index (χ2n) is 3.16. The van der Waals surface area contributed by atoms with E-state index < -0.39 is 16.1 Å². The lowest BCUT2D eigenvalue weighted by Crippen LogP contribution is -2.34. The van der Waals surface area contributed by atoms with Gasteiger partial charge in [-0.05, 0) is 53.8 Å². The number of halogens is 1. The summed E-state index contributed by atoms with van der Waals surface area (Å²) in [6.45, 7) is 1.38. The second-order valence-corrected chi connectivity index (χ2v) is 6.12. The van der Waals surface area contributed by atoms with Gasteiger partial charge in [-0.1, -0.05) is 0 Å². The zero-order valence-corrected chi connectivity index (χ0v) is 11.1. The maximum absolute atomic E-state index is 11.7. The first kappa shape index (κ1) is 12.9. The third-order valence-corrected chi connectivity index (χ3v) is 4.08. The maximum Gasteiger partial charge on any atom is 0.240 e. The van der Waals surface area contributed by atoms with Crippen molar-refractivity contribution >= 4 is 32.6 Å². The van der Waals surface area contributed by atoms with Crippen molar-refractivity contribution in [1.82, 2.24) is 4.72 Å². The van der Waals surface area contributed by atoms with E-state index in [1.807, 2.05) is 0 Å². The van der Waals surface area contributed by atoms with Crippen LogP contribution in [0.3, 0.4) is 0 Å². The largest absolute Gasteiger partial charge is 0.395 e. The molecule has 1 atom stereocenters. The fourth-order valence-corrected chi connectivity index (χ4v) is 2.58. The molecule has 0 amide bonds. The van der Waals surface area contributed by atoms with Crippen LogP contribution in [-0.2, 0) is 10.0 Å². The summed E-state index contributed by atoms with van der Waals surface area (Å²) in [5, 5.41) is 8.76. The fourth-order valence-electron chi connectivity index (χ4n) is 0.984. The van der Waals surface area contributed by atoms with E-state index in [0.717, 1.165) is 3.57 Å². The zero-order valence-electron chi connectivity index (χ0n) is 8.14. The Balaban J connectivity index is 2.91. The van der Waals surface area contributed by atoms with Gasteiger partial charge in [0, 0.05) is 9.61 Å². The van der Waals surface area contributed by atoms with Gasteiger partial charge in [0.05, 0.1) is 11.5 Å². The highest BCUT2D eigenvalue weighted by atomic mass is 127. The van der Waals surface area contributed by atoms with Crippen molar-refractivity contribution in [3.8, 4) is 0 Å². The summed E-state index contributed by atoms with van der Waals surface area (Å²) in [7, 11) is -3.50. The Morgan fingerprint density at radius 2 is 1.93 bits per heavy atom. The summed E-state index contributed by atoms with van der Waals surface area (Å²) in [6, 6.07) is 6.04. The Labute approximate surface area is 103 Å². The molecule has 1 aromatic carbocycles. The van der Waals surface area contributed by atoms with Gasteiger partial charge in [-0.15, -0.1) is 0 Å². The van der Waals surface area contributed by atoms with Crippen LogP contribution >= 0.6 is 22.6 Å². The summed E-state index contributed by atoms with van der Waals surface area (Å²) >= 11 is 2.10. The van der Waals surface area contributed by atoms with Crippen molar-refractivity contribution in [2.24, 2.45) is 0 Å². The maximum atomic E-state index is 11.7. The Hall–Kier alpha value is -0.180. The lowest BCUT2D eigenvalue weighted by molar-refractivity contribution is 0.265. The van der Waals surface area contributed by atoms with Crippen molar-refractivity contribution in [2.75, 3.05) is 6.61 Å². The average molecular weight is 341 g/mol. The minimum Gasteiger partial charge on any atom is -0.395 e. The molecule has 15 heavy (non-hydrogen) atoms. The van der Waals surface area contributed by atoms with Crippen LogP contribution in [0.2, 0.25) is 0 Å². The van der Waals surface area contributed by atoms with Gasteiger partial charge in [-0.2, -0.15) is 0 Å². The molecule has 0 aliphatic heterocycles. The molecule has 0 radical (unpaired) electrons. The lowest BCUT2D eigenvalue weighted by atomic mass is 10.4. The predicted molar refractivity (Wildman–Crippen MR) is 66.0 cm³/mol. The fraction of sp³-hybridized carbons (Fsp3) is 0.333. The number of rotatable bonds is 4. The van der Waals surface area contributed by atoms with Gasteiger partial charge >= 0.3 is 0 Å². The van der Waals surface area contributed by atoms with E-state index in [4.69, 9.17) is 5.11 Å². The van der Waals surface area contributed by atoms with E-state index in [0.29, 0.717) is 0 Å². The summed E-state index contributed by atoms with van der Waals surface area (Å²) in [5.74, 6) is 0. The van der Waals surface area contributed by atoms with Gasteiger partial charge in [0.1, 0.15) is 0 Å². The lowest BCUT2D eigenvalue weighted by Gasteiger charge is -2.11. The average Bonchev–Trinajstić information content (AvgIpc) is 2.17. The Kier molecular flexibility index (Phi) is 4.50. The minimum absolute atomic E-state index is 0.211. The molecule has 84 valence electrons. The number of benzene rings is 1. The first-order chi connectivity index (χ1) is 6.95. The van der Waals surface area contributed by atoms with Gasteiger partial charge in [0.25, 0.3) is 0 Å². The molecule has 0 bridgehead atoms. The normalized spacial score (nSPS) is 13.8. The van der Waals surface area contributed by atoms with Gasteiger partial charge in [0.2, 0.25) is 10.0 Å². The molecular formula is C9H12INO3S. The van der Waals surface area contributed by atoms with Crippen LogP contribution in [0.4, 0.5) is 0 Å². The molecule has 0 saturated carbocycles. The van der Waals surface area contributed by atoms with Crippen molar-refractivity contribution in [3.63, 3.8) is 0 Å². The first-order valence-electron chi connectivity index (χ1n) is 4.34. The van der Waals surface area contributed by atoms with Gasteiger partial charge in [-0.3, -0.25) is 0 Å². The smallest absolute Gasteiger partial charge is 0.240 e. The van der Waals surface area contributed by atoms with Crippen LogP contribution in [0.1, 0.15) is 6.92 Å². The Morgan fingerprint density at radius 1 is 1.40 bits per heavy atom. The number of aliphatic hydroxyl groups excluding tert-OH is 1. The summed E-state index contributed by atoms with van der Waals surface area (Å²) < 4.78 is 26.7. The molecule has 0 fully saturated rings. The molecule has 1 unspecified atom stereocenters. The van der Waals surface area contributed by atoms with Crippen LogP contribution in [0.15, 0.2) is 29.2 Å². The summed E-state index contributed by atoms with van der Waals surface area (Å²) in [5.41, 5.74) is 0. The molecule has 0 saturated heterocycles. The molecule has 1 rings (SSSR count). The van der Waals surface area contributed by atoms with Gasteiger partial charge < -0.3 is 5.11 Å². The zero-order chi connectivity index (χ0) is 11.5. The number of nitrogens with one attached hydrogen (secondary N) is 1. The minimum atomic E-state index is -3.50. The van der Waals surface area contributed by atoms with E-state index in [1.165, 1.54) is 12.1 Å². The van der Waals surface area contributed by atoms with Gasteiger partial charge in [0.15, 0.2) is 0 Å². The van der Waals surface area contributed by atoms with Crippen LogP contribution in [-0.4, -0.2) is 26.2 Å². The Bertz CT molecular complexity index is 415. The van der Waals surface area contributed by atoms with Crippen LogP contribution in [0, 0.1) is 3.57 Å². The monoisotopic (exact) mass is 341 g/mol. The van der Waals surface area contributed by atoms with E-state index in [2.05, 4.69) is 27.3 Å².